The fourth-order valence-electron chi connectivity index (χ4n) is 2.21. The summed E-state index contributed by atoms with van der Waals surface area (Å²) < 4.78 is 11.8. The van der Waals surface area contributed by atoms with Crippen molar-refractivity contribution in [1.82, 2.24) is 0 Å². The second-order valence-corrected chi connectivity index (χ2v) is 6.97. The lowest BCUT2D eigenvalue weighted by atomic mass is 10.2. The minimum atomic E-state index is -0.730. The molecule has 1 aromatic carbocycles. The molecule has 2 heterocycles. The summed E-state index contributed by atoms with van der Waals surface area (Å²) in [4.78, 5) is 4.92. The van der Waals surface area contributed by atoms with Crippen LogP contribution in [-0.2, 0) is 0 Å². The van der Waals surface area contributed by atoms with Crippen LogP contribution in [0, 0.1) is 0 Å². The minimum Gasteiger partial charge on any atom is -0.490 e. The Morgan fingerprint density at radius 1 is 1.29 bits per heavy atom. The van der Waals surface area contributed by atoms with E-state index in [0.29, 0.717) is 23.3 Å². The van der Waals surface area contributed by atoms with Gasteiger partial charge in [0.25, 0.3) is 0 Å². The Labute approximate surface area is 148 Å². The zero-order chi connectivity index (χ0) is 16.9. The Bertz CT molecular complexity index is 735. The summed E-state index contributed by atoms with van der Waals surface area (Å²) in [5.41, 5.74) is 6.62. The zero-order valence-electron chi connectivity index (χ0n) is 12.9. The first-order valence-electron chi connectivity index (χ1n) is 7.52. The first-order chi connectivity index (χ1) is 11.6. The molecule has 0 spiro atoms. The lowest BCUT2D eigenvalue weighted by Gasteiger charge is -2.11. The Morgan fingerprint density at radius 2 is 2.08 bits per heavy atom. The van der Waals surface area contributed by atoms with E-state index in [-0.39, 0.29) is 12.5 Å². The number of aliphatic hydroxyl groups is 1. The van der Waals surface area contributed by atoms with Crippen molar-refractivity contribution in [3.05, 3.63) is 39.5 Å². The van der Waals surface area contributed by atoms with Crippen LogP contribution in [-0.4, -0.2) is 30.8 Å². The summed E-state index contributed by atoms with van der Waals surface area (Å²) in [6.07, 6.45) is 0.123. The summed E-state index contributed by atoms with van der Waals surface area (Å²) in [5.74, 6) is 1.61. The van der Waals surface area contributed by atoms with Gasteiger partial charge < -0.3 is 25.6 Å². The highest BCUT2D eigenvalue weighted by Gasteiger charge is 2.12. The third-order valence-electron chi connectivity index (χ3n) is 3.38. The topological polar surface area (TPSA) is 89.1 Å². The smallest absolute Gasteiger partial charge is 0.193 e. The van der Waals surface area contributed by atoms with Crippen molar-refractivity contribution in [2.75, 3.05) is 25.1 Å². The van der Waals surface area contributed by atoms with Crippen molar-refractivity contribution >= 4 is 34.6 Å². The molecule has 0 aliphatic carbocycles. The van der Waals surface area contributed by atoms with Crippen LogP contribution in [0.15, 0.2) is 35.3 Å². The predicted octanol–water partition coefficient (Wildman–Crippen LogP) is 3.02. The Balaban J connectivity index is 1.61. The number of benzene rings is 1. The van der Waals surface area contributed by atoms with Gasteiger partial charge in [0.15, 0.2) is 17.5 Å². The number of nitrogens with zero attached hydrogens (tertiary/aromatic N) is 1. The van der Waals surface area contributed by atoms with Crippen LogP contribution in [0.2, 0.25) is 4.34 Å². The molecule has 24 heavy (non-hydrogen) atoms. The summed E-state index contributed by atoms with van der Waals surface area (Å²) in [5, 5.41) is 13.0. The van der Waals surface area contributed by atoms with E-state index in [2.05, 4.69) is 10.3 Å². The zero-order valence-corrected chi connectivity index (χ0v) is 14.4. The van der Waals surface area contributed by atoms with E-state index in [9.17, 15) is 5.11 Å². The molecule has 1 atom stereocenters. The molecule has 2 aromatic rings. The second-order valence-electron chi connectivity index (χ2n) is 5.22. The Morgan fingerprint density at radius 3 is 2.83 bits per heavy atom. The Hall–Kier alpha value is -1.96. The molecule has 0 bridgehead atoms. The minimum absolute atomic E-state index is 0.153. The maximum absolute atomic E-state index is 10.1. The number of anilines is 1. The van der Waals surface area contributed by atoms with Crippen LogP contribution in [0.25, 0.3) is 0 Å². The molecular weight excluding hydrogens is 350 g/mol. The molecule has 3 rings (SSSR count). The number of fused-ring (bicyclic) bond motifs is 1. The Kier molecular flexibility index (Phi) is 5.44. The van der Waals surface area contributed by atoms with E-state index < -0.39 is 6.10 Å². The molecule has 1 aliphatic rings. The largest absolute Gasteiger partial charge is 0.490 e. The molecule has 1 unspecified atom stereocenters. The molecule has 1 aliphatic heterocycles. The highest BCUT2D eigenvalue weighted by molar-refractivity contribution is 7.16. The average Bonchev–Trinajstić information content (AvgIpc) is 2.87. The van der Waals surface area contributed by atoms with Gasteiger partial charge in [0.2, 0.25) is 0 Å². The van der Waals surface area contributed by atoms with Gasteiger partial charge in [-0.3, -0.25) is 4.99 Å². The highest BCUT2D eigenvalue weighted by atomic mass is 35.5. The number of aliphatic hydroxyl groups excluding tert-OH is 1. The van der Waals surface area contributed by atoms with E-state index in [0.717, 1.165) is 22.7 Å². The molecule has 6 nitrogen and oxygen atoms in total. The standard InChI is InChI=1S/C16H18ClN3O3S/c17-15-5-4-14(24-15)11(21)9-19-16(18)20-10-2-3-12-13(8-10)23-7-1-6-22-12/h2-5,8,11,21H,1,6-7,9H2,(H3,18,19,20). The van der Waals surface area contributed by atoms with Gasteiger partial charge >= 0.3 is 0 Å². The average molecular weight is 368 g/mol. The number of nitrogens with one attached hydrogen (secondary N) is 1. The van der Waals surface area contributed by atoms with Gasteiger partial charge in [-0.25, -0.2) is 0 Å². The second kappa shape index (κ2) is 7.74. The monoisotopic (exact) mass is 367 g/mol. The summed E-state index contributed by atoms with van der Waals surface area (Å²) in [6, 6.07) is 9.01. The van der Waals surface area contributed by atoms with Gasteiger partial charge in [-0.1, -0.05) is 11.6 Å². The number of halogens is 1. The van der Waals surface area contributed by atoms with Gasteiger partial charge in [0.1, 0.15) is 6.10 Å². The molecule has 0 saturated carbocycles. The van der Waals surface area contributed by atoms with Crippen molar-refractivity contribution < 1.29 is 14.6 Å². The fourth-order valence-corrected chi connectivity index (χ4v) is 3.25. The molecule has 0 radical (unpaired) electrons. The number of thiophene rings is 1. The molecule has 128 valence electrons. The predicted molar refractivity (Wildman–Crippen MR) is 96.4 cm³/mol. The van der Waals surface area contributed by atoms with Crippen LogP contribution in [0.3, 0.4) is 0 Å². The number of rotatable bonds is 4. The van der Waals surface area contributed by atoms with Crippen molar-refractivity contribution in [2.24, 2.45) is 10.7 Å². The molecule has 0 amide bonds. The van der Waals surface area contributed by atoms with Gasteiger partial charge in [-0.15, -0.1) is 11.3 Å². The van der Waals surface area contributed by atoms with E-state index in [4.69, 9.17) is 26.8 Å². The summed E-state index contributed by atoms with van der Waals surface area (Å²) in [6.45, 7) is 1.42. The first kappa shape index (κ1) is 16.9. The van der Waals surface area contributed by atoms with Gasteiger partial charge in [0, 0.05) is 23.1 Å². The number of nitrogens with two attached hydrogens (primary N) is 1. The molecule has 1 aromatic heterocycles. The van der Waals surface area contributed by atoms with E-state index >= 15 is 0 Å². The quantitative estimate of drug-likeness (QED) is 0.571. The van der Waals surface area contributed by atoms with Crippen molar-refractivity contribution in [3.8, 4) is 11.5 Å². The van der Waals surface area contributed by atoms with Crippen molar-refractivity contribution in [2.45, 2.75) is 12.5 Å². The maximum Gasteiger partial charge on any atom is 0.193 e. The first-order valence-corrected chi connectivity index (χ1v) is 8.71. The SMILES string of the molecule is NC(=NCC(O)c1ccc(Cl)s1)Nc1ccc2c(c1)OCCCO2. The molecule has 0 fully saturated rings. The maximum atomic E-state index is 10.1. The van der Waals surface area contributed by atoms with E-state index in [1.165, 1.54) is 11.3 Å². The third kappa shape index (κ3) is 4.31. The number of guanidine groups is 1. The summed E-state index contributed by atoms with van der Waals surface area (Å²) >= 11 is 7.18. The third-order valence-corrected chi connectivity index (χ3v) is 4.71. The van der Waals surface area contributed by atoms with Crippen LogP contribution in [0.1, 0.15) is 17.4 Å². The molecule has 8 heteroatoms. The molecule has 4 N–H and O–H groups in total. The lowest BCUT2D eigenvalue weighted by molar-refractivity contribution is 0.191. The molecule has 0 saturated heterocycles. The molecular formula is C16H18ClN3O3S. The number of hydrogen-bond donors (Lipinski definition) is 3. The number of aliphatic imine (C=N–C) groups is 1. The van der Waals surface area contributed by atoms with Gasteiger partial charge in [-0.05, 0) is 24.3 Å². The van der Waals surface area contributed by atoms with Crippen molar-refractivity contribution in [1.29, 1.82) is 0 Å². The fraction of sp³-hybridized carbons (Fsp3) is 0.312. The van der Waals surface area contributed by atoms with Crippen molar-refractivity contribution in [3.63, 3.8) is 0 Å². The van der Waals surface area contributed by atoms with E-state index in [1.54, 1.807) is 12.1 Å². The lowest BCUT2D eigenvalue weighted by Crippen LogP contribution is -2.23. The van der Waals surface area contributed by atoms with Crippen LogP contribution in [0.5, 0.6) is 11.5 Å². The van der Waals surface area contributed by atoms with Crippen LogP contribution in [0.4, 0.5) is 5.69 Å². The number of ether oxygens (including phenoxy) is 2. The van der Waals surface area contributed by atoms with E-state index in [1.807, 2.05) is 18.2 Å². The van der Waals surface area contributed by atoms with Gasteiger partial charge in [-0.2, -0.15) is 0 Å². The normalized spacial score (nSPS) is 15.7. The number of hydrogen-bond acceptors (Lipinski definition) is 5. The van der Waals surface area contributed by atoms with Crippen LogP contribution >= 0.6 is 22.9 Å². The summed E-state index contributed by atoms with van der Waals surface area (Å²) in [7, 11) is 0. The highest BCUT2D eigenvalue weighted by Crippen LogP contribution is 2.32. The van der Waals surface area contributed by atoms with Crippen LogP contribution < -0.4 is 20.5 Å². The van der Waals surface area contributed by atoms with Gasteiger partial charge in [0.05, 0.1) is 24.1 Å².